The van der Waals surface area contributed by atoms with Gasteiger partial charge in [-0.1, -0.05) is 12.1 Å². The van der Waals surface area contributed by atoms with Crippen LogP contribution in [-0.2, 0) is 0 Å². The standard InChI is InChI=1S/C12H17N3O2/c1-8-5-7-16-10(8)11-14-12(17-15-11)9(2)4-3-6-13/h5,7,9H,3-4,6,13H2,1-2H3. The molecule has 0 aliphatic heterocycles. The minimum Gasteiger partial charge on any atom is -0.461 e. The molecule has 0 aromatic carbocycles. The van der Waals surface area contributed by atoms with E-state index in [1.807, 2.05) is 13.0 Å². The van der Waals surface area contributed by atoms with Crippen molar-refractivity contribution in [3.05, 3.63) is 23.8 Å². The van der Waals surface area contributed by atoms with Gasteiger partial charge in [0.15, 0.2) is 5.76 Å². The fraction of sp³-hybridized carbons (Fsp3) is 0.500. The third-order valence-electron chi connectivity index (χ3n) is 2.77. The Labute approximate surface area is 100.0 Å². The molecular formula is C12H17N3O2. The summed E-state index contributed by atoms with van der Waals surface area (Å²) in [5, 5.41) is 3.94. The average molecular weight is 235 g/mol. The molecule has 2 aromatic rings. The maximum absolute atomic E-state index is 5.48. The van der Waals surface area contributed by atoms with Gasteiger partial charge in [-0.15, -0.1) is 0 Å². The molecule has 0 radical (unpaired) electrons. The van der Waals surface area contributed by atoms with Gasteiger partial charge in [-0.2, -0.15) is 4.98 Å². The molecule has 2 aromatic heterocycles. The fourth-order valence-electron chi connectivity index (χ4n) is 1.68. The quantitative estimate of drug-likeness (QED) is 0.861. The minimum atomic E-state index is 0.232. The summed E-state index contributed by atoms with van der Waals surface area (Å²) >= 11 is 0. The van der Waals surface area contributed by atoms with Gasteiger partial charge < -0.3 is 14.7 Å². The summed E-state index contributed by atoms with van der Waals surface area (Å²) in [5.41, 5.74) is 6.48. The van der Waals surface area contributed by atoms with Crippen LogP contribution in [0.4, 0.5) is 0 Å². The van der Waals surface area contributed by atoms with Crippen molar-refractivity contribution in [3.8, 4) is 11.6 Å². The van der Waals surface area contributed by atoms with Crippen molar-refractivity contribution in [2.45, 2.75) is 32.6 Å². The van der Waals surface area contributed by atoms with E-state index in [2.05, 4.69) is 17.1 Å². The molecule has 17 heavy (non-hydrogen) atoms. The molecular weight excluding hydrogens is 218 g/mol. The van der Waals surface area contributed by atoms with Gasteiger partial charge >= 0.3 is 0 Å². The van der Waals surface area contributed by atoms with Crippen molar-refractivity contribution in [1.82, 2.24) is 10.1 Å². The van der Waals surface area contributed by atoms with E-state index in [0.29, 0.717) is 24.0 Å². The summed E-state index contributed by atoms with van der Waals surface area (Å²) in [7, 11) is 0. The first kappa shape index (κ1) is 11.9. The normalized spacial score (nSPS) is 12.9. The smallest absolute Gasteiger partial charge is 0.238 e. The van der Waals surface area contributed by atoms with E-state index in [4.69, 9.17) is 14.7 Å². The fourth-order valence-corrected chi connectivity index (χ4v) is 1.68. The zero-order chi connectivity index (χ0) is 12.3. The van der Waals surface area contributed by atoms with Gasteiger partial charge in [-0.25, -0.2) is 0 Å². The lowest BCUT2D eigenvalue weighted by Crippen LogP contribution is -2.02. The summed E-state index contributed by atoms with van der Waals surface area (Å²) in [6, 6.07) is 1.88. The van der Waals surface area contributed by atoms with E-state index in [-0.39, 0.29) is 5.92 Å². The Hall–Kier alpha value is -1.62. The van der Waals surface area contributed by atoms with E-state index in [1.165, 1.54) is 0 Å². The second-order valence-electron chi connectivity index (χ2n) is 4.22. The average Bonchev–Trinajstić information content (AvgIpc) is 2.93. The SMILES string of the molecule is Cc1ccoc1-c1noc(C(C)CCCN)n1. The Morgan fingerprint density at radius 2 is 2.29 bits per heavy atom. The van der Waals surface area contributed by atoms with Crippen LogP contribution in [0, 0.1) is 6.92 Å². The monoisotopic (exact) mass is 235 g/mol. The topological polar surface area (TPSA) is 78.1 Å². The predicted molar refractivity (Wildman–Crippen MR) is 63.4 cm³/mol. The summed E-state index contributed by atoms with van der Waals surface area (Å²) in [4.78, 5) is 4.35. The molecule has 2 heterocycles. The molecule has 5 heteroatoms. The second-order valence-corrected chi connectivity index (χ2v) is 4.22. The van der Waals surface area contributed by atoms with Crippen LogP contribution in [0.5, 0.6) is 0 Å². The van der Waals surface area contributed by atoms with E-state index in [1.54, 1.807) is 6.26 Å². The maximum Gasteiger partial charge on any atom is 0.238 e. The van der Waals surface area contributed by atoms with Gasteiger partial charge in [0.05, 0.1) is 6.26 Å². The largest absolute Gasteiger partial charge is 0.461 e. The molecule has 0 spiro atoms. The van der Waals surface area contributed by atoms with E-state index in [0.717, 1.165) is 18.4 Å². The van der Waals surface area contributed by atoms with Crippen molar-refractivity contribution in [2.75, 3.05) is 6.54 Å². The molecule has 2 rings (SSSR count). The molecule has 1 unspecified atom stereocenters. The van der Waals surface area contributed by atoms with Crippen LogP contribution in [0.1, 0.15) is 37.1 Å². The van der Waals surface area contributed by atoms with Crippen molar-refractivity contribution < 1.29 is 8.94 Å². The van der Waals surface area contributed by atoms with Gasteiger partial charge in [-0.3, -0.25) is 0 Å². The number of rotatable bonds is 5. The van der Waals surface area contributed by atoms with Crippen molar-refractivity contribution in [1.29, 1.82) is 0 Å². The molecule has 2 N–H and O–H groups in total. The second kappa shape index (κ2) is 5.14. The van der Waals surface area contributed by atoms with Crippen LogP contribution in [0.25, 0.3) is 11.6 Å². The highest BCUT2D eigenvalue weighted by atomic mass is 16.5. The predicted octanol–water partition coefficient (Wildman–Crippen LogP) is 2.48. The van der Waals surface area contributed by atoms with Gasteiger partial charge in [0.1, 0.15) is 0 Å². The molecule has 0 saturated heterocycles. The zero-order valence-corrected chi connectivity index (χ0v) is 10.1. The van der Waals surface area contributed by atoms with Crippen molar-refractivity contribution >= 4 is 0 Å². The third-order valence-corrected chi connectivity index (χ3v) is 2.77. The first-order valence-corrected chi connectivity index (χ1v) is 5.80. The minimum absolute atomic E-state index is 0.232. The number of aryl methyl sites for hydroxylation is 1. The Morgan fingerprint density at radius 3 is 2.94 bits per heavy atom. The first-order chi connectivity index (χ1) is 8.22. The number of furan rings is 1. The Morgan fingerprint density at radius 1 is 1.47 bits per heavy atom. The molecule has 0 saturated carbocycles. The van der Waals surface area contributed by atoms with Gasteiger partial charge in [-0.05, 0) is 37.9 Å². The first-order valence-electron chi connectivity index (χ1n) is 5.80. The Balaban J connectivity index is 2.13. The van der Waals surface area contributed by atoms with Crippen LogP contribution in [-0.4, -0.2) is 16.7 Å². The summed E-state index contributed by atoms with van der Waals surface area (Å²) in [5.74, 6) is 2.06. The van der Waals surface area contributed by atoms with Gasteiger partial charge in [0.2, 0.25) is 11.7 Å². The number of nitrogens with two attached hydrogens (primary N) is 1. The molecule has 0 aliphatic rings. The maximum atomic E-state index is 5.48. The lowest BCUT2D eigenvalue weighted by atomic mass is 10.1. The number of nitrogens with zero attached hydrogens (tertiary/aromatic N) is 2. The van der Waals surface area contributed by atoms with Crippen molar-refractivity contribution in [3.63, 3.8) is 0 Å². The Bertz CT molecular complexity index is 476. The summed E-state index contributed by atoms with van der Waals surface area (Å²) in [6.45, 7) is 4.69. The molecule has 0 amide bonds. The molecule has 0 fully saturated rings. The zero-order valence-electron chi connectivity index (χ0n) is 10.1. The molecule has 0 bridgehead atoms. The number of hydrogen-bond acceptors (Lipinski definition) is 5. The van der Waals surface area contributed by atoms with Crippen LogP contribution in [0.15, 0.2) is 21.3 Å². The Kier molecular flexibility index (Phi) is 3.58. The lowest BCUT2D eigenvalue weighted by molar-refractivity contribution is 0.351. The van der Waals surface area contributed by atoms with E-state index < -0.39 is 0 Å². The highest BCUT2D eigenvalue weighted by molar-refractivity contribution is 5.51. The van der Waals surface area contributed by atoms with Gasteiger partial charge in [0.25, 0.3) is 0 Å². The third kappa shape index (κ3) is 2.55. The highest BCUT2D eigenvalue weighted by Crippen LogP contribution is 2.24. The summed E-state index contributed by atoms with van der Waals surface area (Å²) < 4.78 is 10.6. The van der Waals surface area contributed by atoms with Crippen LogP contribution in [0.3, 0.4) is 0 Å². The lowest BCUT2D eigenvalue weighted by Gasteiger charge is -2.03. The summed E-state index contributed by atoms with van der Waals surface area (Å²) in [6.07, 6.45) is 3.53. The molecule has 92 valence electrons. The molecule has 1 atom stereocenters. The van der Waals surface area contributed by atoms with E-state index in [9.17, 15) is 0 Å². The molecule has 0 aliphatic carbocycles. The molecule has 5 nitrogen and oxygen atoms in total. The van der Waals surface area contributed by atoms with E-state index >= 15 is 0 Å². The van der Waals surface area contributed by atoms with Gasteiger partial charge in [0, 0.05) is 5.92 Å². The highest BCUT2D eigenvalue weighted by Gasteiger charge is 2.17. The number of aromatic nitrogens is 2. The van der Waals surface area contributed by atoms with Crippen LogP contribution >= 0.6 is 0 Å². The van der Waals surface area contributed by atoms with Crippen LogP contribution < -0.4 is 5.73 Å². The number of hydrogen-bond donors (Lipinski definition) is 1. The van der Waals surface area contributed by atoms with Crippen LogP contribution in [0.2, 0.25) is 0 Å². The van der Waals surface area contributed by atoms with Crippen molar-refractivity contribution in [2.24, 2.45) is 5.73 Å².